The van der Waals surface area contributed by atoms with Crippen molar-refractivity contribution >= 4 is 11.6 Å². The number of hydrogen-bond donors (Lipinski definition) is 3. The van der Waals surface area contributed by atoms with E-state index in [9.17, 15) is 9.90 Å². The maximum absolute atomic E-state index is 10.9. The number of nitrogens with one attached hydrogen (secondary N) is 2. The maximum Gasteiger partial charge on any atom is 0.221 e. The fourth-order valence-electron chi connectivity index (χ4n) is 1.20. The number of phenols is 1. The van der Waals surface area contributed by atoms with E-state index in [0.717, 1.165) is 5.56 Å². The zero-order valence-electron chi connectivity index (χ0n) is 8.70. The number of hydroxylamine groups is 1. The van der Waals surface area contributed by atoms with Gasteiger partial charge >= 0.3 is 0 Å². The van der Waals surface area contributed by atoms with Gasteiger partial charge in [-0.3, -0.25) is 4.79 Å². The van der Waals surface area contributed by atoms with E-state index in [1.54, 1.807) is 12.1 Å². The van der Waals surface area contributed by atoms with Gasteiger partial charge in [0, 0.05) is 13.5 Å². The molecule has 1 aromatic carbocycles. The first-order valence-corrected chi connectivity index (χ1v) is 4.49. The molecule has 0 spiro atoms. The van der Waals surface area contributed by atoms with Crippen molar-refractivity contribution in [2.45, 2.75) is 13.5 Å². The number of benzene rings is 1. The van der Waals surface area contributed by atoms with E-state index in [0.29, 0.717) is 12.2 Å². The molecule has 1 rings (SSSR count). The molecule has 0 aliphatic carbocycles. The van der Waals surface area contributed by atoms with Crippen LogP contribution in [0, 0.1) is 0 Å². The molecule has 1 amide bonds. The molecule has 0 unspecified atom stereocenters. The fraction of sp³-hybridized carbons (Fsp3) is 0.300. The molecule has 1 aromatic rings. The van der Waals surface area contributed by atoms with Crippen LogP contribution in [0.4, 0.5) is 5.69 Å². The molecular weight excluding hydrogens is 196 g/mol. The Morgan fingerprint density at radius 1 is 1.53 bits per heavy atom. The normalized spacial score (nSPS) is 10.0. The van der Waals surface area contributed by atoms with Gasteiger partial charge in [-0.25, -0.2) is 0 Å². The molecule has 0 saturated carbocycles. The van der Waals surface area contributed by atoms with Crippen LogP contribution in [0.25, 0.3) is 0 Å². The van der Waals surface area contributed by atoms with Gasteiger partial charge in [0.25, 0.3) is 0 Å². The van der Waals surface area contributed by atoms with Crippen LogP contribution in [-0.4, -0.2) is 18.1 Å². The summed E-state index contributed by atoms with van der Waals surface area (Å²) >= 11 is 0. The molecular formula is C10H14N2O3. The summed E-state index contributed by atoms with van der Waals surface area (Å²) in [6, 6.07) is 5.01. The fourth-order valence-corrected chi connectivity index (χ4v) is 1.20. The number of aromatic hydroxyl groups is 1. The zero-order valence-corrected chi connectivity index (χ0v) is 8.70. The SMILES string of the molecule is CONCc1cccc(O)c1NC(C)=O. The number of carbonyl (C=O) groups is 1. The number of amides is 1. The van der Waals surface area contributed by atoms with Gasteiger partial charge in [-0.05, 0) is 11.6 Å². The third kappa shape index (κ3) is 3.23. The summed E-state index contributed by atoms with van der Waals surface area (Å²) in [5.41, 5.74) is 3.81. The van der Waals surface area contributed by atoms with Crippen LogP contribution in [0.15, 0.2) is 18.2 Å². The molecule has 82 valence electrons. The Morgan fingerprint density at radius 2 is 2.27 bits per heavy atom. The standard InChI is InChI=1S/C10H14N2O3/c1-7(13)12-10-8(6-11-15-2)4-3-5-9(10)14/h3-5,11,14H,6H2,1-2H3,(H,12,13). The Labute approximate surface area is 88.0 Å². The van der Waals surface area contributed by atoms with Crippen LogP contribution in [0.1, 0.15) is 12.5 Å². The highest BCUT2D eigenvalue weighted by Gasteiger charge is 2.08. The second-order valence-corrected chi connectivity index (χ2v) is 3.02. The molecule has 0 aliphatic heterocycles. The van der Waals surface area contributed by atoms with E-state index in [4.69, 9.17) is 4.84 Å². The monoisotopic (exact) mass is 210 g/mol. The lowest BCUT2D eigenvalue weighted by atomic mass is 10.1. The van der Waals surface area contributed by atoms with E-state index < -0.39 is 0 Å². The summed E-state index contributed by atoms with van der Waals surface area (Å²) in [4.78, 5) is 15.6. The Bertz CT molecular complexity index is 353. The lowest BCUT2D eigenvalue weighted by molar-refractivity contribution is -0.114. The molecule has 0 fully saturated rings. The number of anilines is 1. The molecule has 15 heavy (non-hydrogen) atoms. The molecule has 0 aromatic heterocycles. The van der Waals surface area contributed by atoms with Crippen molar-refractivity contribution in [3.63, 3.8) is 0 Å². The number of para-hydroxylation sites is 1. The van der Waals surface area contributed by atoms with Crippen LogP contribution in [0.3, 0.4) is 0 Å². The lowest BCUT2D eigenvalue weighted by Gasteiger charge is -2.11. The van der Waals surface area contributed by atoms with Gasteiger partial charge in [0.05, 0.1) is 12.8 Å². The van der Waals surface area contributed by atoms with Crippen LogP contribution >= 0.6 is 0 Å². The summed E-state index contributed by atoms with van der Waals surface area (Å²) in [5.74, 6) is -0.184. The van der Waals surface area contributed by atoms with Gasteiger partial charge in [0.15, 0.2) is 0 Å². The van der Waals surface area contributed by atoms with E-state index in [2.05, 4.69) is 10.8 Å². The van der Waals surface area contributed by atoms with Gasteiger partial charge in [-0.2, -0.15) is 5.48 Å². The average molecular weight is 210 g/mol. The van der Waals surface area contributed by atoms with Gasteiger partial charge in [0.1, 0.15) is 5.75 Å². The number of carbonyl (C=O) groups excluding carboxylic acids is 1. The van der Waals surface area contributed by atoms with Crippen molar-refractivity contribution in [2.24, 2.45) is 0 Å². The minimum Gasteiger partial charge on any atom is -0.506 e. The van der Waals surface area contributed by atoms with Gasteiger partial charge in [-0.15, -0.1) is 0 Å². The van der Waals surface area contributed by atoms with Crippen molar-refractivity contribution < 1.29 is 14.7 Å². The van der Waals surface area contributed by atoms with E-state index >= 15 is 0 Å². The number of hydrogen-bond acceptors (Lipinski definition) is 4. The zero-order chi connectivity index (χ0) is 11.3. The van der Waals surface area contributed by atoms with Gasteiger partial charge in [-0.1, -0.05) is 12.1 Å². The van der Waals surface area contributed by atoms with E-state index in [1.165, 1.54) is 20.1 Å². The molecule has 0 radical (unpaired) electrons. The highest BCUT2D eigenvalue weighted by atomic mass is 16.6. The van der Waals surface area contributed by atoms with Crippen molar-refractivity contribution in [3.8, 4) is 5.75 Å². The van der Waals surface area contributed by atoms with E-state index in [-0.39, 0.29) is 11.7 Å². The third-order valence-corrected chi connectivity index (χ3v) is 1.84. The van der Waals surface area contributed by atoms with Crippen LogP contribution in [-0.2, 0) is 16.2 Å². The Hall–Kier alpha value is -1.59. The molecule has 5 heteroatoms. The molecule has 0 atom stereocenters. The molecule has 3 N–H and O–H groups in total. The van der Waals surface area contributed by atoms with Crippen LogP contribution in [0.5, 0.6) is 5.75 Å². The highest BCUT2D eigenvalue weighted by Crippen LogP contribution is 2.26. The minimum absolute atomic E-state index is 0.0422. The quantitative estimate of drug-likeness (QED) is 0.512. The van der Waals surface area contributed by atoms with Crippen molar-refractivity contribution in [1.29, 1.82) is 0 Å². The van der Waals surface area contributed by atoms with Crippen molar-refractivity contribution in [1.82, 2.24) is 5.48 Å². The first-order valence-electron chi connectivity index (χ1n) is 4.49. The lowest BCUT2D eigenvalue weighted by Crippen LogP contribution is -2.14. The summed E-state index contributed by atoms with van der Waals surface area (Å²) in [6.07, 6.45) is 0. The second-order valence-electron chi connectivity index (χ2n) is 3.02. The Morgan fingerprint density at radius 3 is 2.87 bits per heavy atom. The summed E-state index contributed by atoms with van der Waals surface area (Å²) in [5, 5.41) is 12.1. The molecule has 0 bridgehead atoms. The highest BCUT2D eigenvalue weighted by molar-refractivity contribution is 5.91. The minimum atomic E-state index is -0.227. The Kier molecular flexibility index (Phi) is 4.08. The smallest absolute Gasteiger partial charge is 0.221 e. The first kappa shape index (κ1) is 11.5. The predicted octanol–water partition coefficient (Wildman–Crippen LogP) is 1.00. The molecule has 5 nitrogen and oxygen atoms in total. The molecule has 0 aliphatic rings. The van der Waals surface area contributed by atoms with E-state index in [1.807, 2.05) is 0 Å². The van der Waals surface area contributed by atoms with Gasteiger partial charge in [0.2, 0.25) is 5.91 Å². The largest absolute Gasteiger partial charge is 0.506 e. The second kappa shape index (κ2) is 5.33. The van der Waals surface area contributed by atoms with Crippen LogP contribution in [0.2, 0.25) is 0 Å². The topological polar surface area (TPSA) is 70.6 Å². The first-order chi connectivity index (χ1) is 7.15. The predicted molar refractivity (Wildman–Crippen MR) is 56.3 cm³/mol. The van der Waals surface area contributed by atoms with Gasteiger partial charge < -0.3 is 15.3 Å². The third-order valence-electron chi connectivity index (χ3n) is 1.84. The molecule has 0 heterocycles. The number of rotatable bonds is 4. The Balaban J connectivity index is 2.92. The van der Waals surface area contributed by atoms with Crippen molar-refractivity contribution in [2.75, 3.05) is 12.4 Å². The summed E-state index contributed by atoms with van der Waals surface area (Å²) in [6.45, 7) is 1.79. The molecule has 0 saturated heterocycles. The average Bonchev–Trinajstić information content (AvgIpc) is 2.18. The summed E-state index contributed by atoms with van der Waals surface area (Å²) in [7, 11) is 1.50. The number of phenolic OH excluding ortho intramolecular Hbond substituents is 1. The van der Waals surface area contributed by atoms with Crippen molar-refractivity contribution in [3.05, 3.63) is 23.8 Å². The van der Waals surface area contributed by atoms with Crippen LogP contribution < -0.4 is 10.8 Å². The maximum atomic E-state index is 10.9. The summed E-state index contributed by atoms with van der Waals surface area (Å²) < 4.78 is 0.